The lowest BCUT2D eigenvalue weighted by Crippen LogP contribution is -2.12. The fourth-order valence-electron chi connectivity index (χ4n) is 2.19. The minimum atomic E-state index is -0.351. The molecular formula is C16H13F2NO. The molecule has 0 bridgehead atoms. The number of benzene rings is 2. The second-order valence-corrected chi connectivity index (χ2v) is 4.77. The van der Waals surface area contributed by atoms with Gasteiger partial charge in [-0.25, -0.2) is 8.78 Å². The number of fused-ring (bicyclic) bond motifs is 1. The van der Waals surface area contributed by atoms with E-state index in [-0.39, 0.29) is 17.7 Å². The molecular weight excluding hydrogens is 260 g/mol. The minimum Gasteiger partial charge on any atom is -0.459 e. The van der Waals surface area contributed by atoms with Crippen molar-refractivity contribution in [2.45, 2.75) is 12.5 Å². The van der Waals surface area contributed by atoms with Crippen molar-refractivity contribution in [3.63, 3.8) is 0 Å². The minimum absolute atomic E-state index is 0.276. The predicted octanol–water partition coefficient (Wildman–Crippen LogP) is 3.95. The largest absolute Gasteiger partial charge is 0.459 e. The third kappa shape index (κ3) is 2.56. The fraction of sp³-hybridized carbons (Fsp3) is 0.125. The van der Waals surface area contributed by atoms with Crippen molar-refractivity contribution >= 4 is 11.0 Å². The molecule has 1 atom stereocenters. The molecule has 4 heteroatoms. The number of furan rings is 1. The van der Waals surface area contributed by atoms with Crippen LogP contribution in [0, 0.1) is 11.6 Å². The molecule has 3 rings (SSSR count). The van der Waals surface area contributed by atoms with E-state index in [9.17, 15) is 8.78 Å². The van der Waals surface area contributed by atoms with E-state index < -0.39 is 0 Å². The zero-order valence-electron chi connectivity index (χ0n) is 10.6. The van der Waals surface area contributed by atoms with Gasteiger partial charge in [0.15, 0.2) is 0 Å². The first-order chi connectivity index (χ1) is 9.61. The van der Waals surface area contributed by atoms with Gasteiger partial charge in [-0.3, -0.25) is 0 Å². The first-order valence-corrected chi connectivity index (χ1v) is 6.31. The molecule has 2 N–H and O–H groups in total. The van der Waals surface area contributed by atoms with Gasteiger partial charge in [0.25, 0.3) is 0 Å². The molecule has 0 aliphatic heterocycles. The van der Waals surface area contributed by atoms with Crippen molar-refractivity contribution in [2.75, 3.05) is 0 Å². The van der Waals surface area contributed by atoms with Gasteiger partial charge in [0, 0.05) is 5.39 Å². The van der Waals surface area contributed by atoms with E-state index in [4.69, 9.17) is 10.2 Å². The number of hydrogen-bond donors (Lipinski definition) is 1. The zero-order valence-corrected chi connectivity index (χ0v) is 10.6. The maximum absolute atomic E-state index is 13.1. The fourth-order valence-corrected chi connectivity index (χ4v) is 2.19. The van der Waals surface area contributed by atoms with Crippen LogP contribution in [0.4, 0.5) is 8.78 Å². The number of halogens is 2. The summed E-state index contributed by atoms with van der Waals surface area (Å²) in [7, 11) is 0. The Labute approximate surface area is 114 Å². The molecule has 0 saturated heterocycles. The smallest absolute Gasteiger partial charge is 0.134 e. The van der Waals surface area contributed by atoms with Crippen LogP contribution >= 0.6 is 0 Å². The molecule has 3 aromatic rings. The van der Waals surface area contributed by atoms with E-state index in [2.05, 4.69) is 0 Å². The molecule has 0 fully saturated rings. The van der Waals surface area contributed by atoms with E-state index >= 15 is 0 Å². The van der Waals surface area contributed by atoms with E-state index in [1.807, 2.05) is 0 Å². The molecule has 0 saturated carbocycles. The number of nitrogens with two attached hydrogens (primary N) is 1. The van der Waals surface area contributed by atoms with Crippen LogP contribution in [-0.4, -0.2) is 0 Å². The van der Waals surface area contributed by atoms with Crippen molar-refractivity contribution in [1.82, 2.24) is 0 Å². The molecule has 1 unspecified atom stereocenters. The molecule has 1 heterocycles. The van der Waals surface area contributed by atoms with E-state index in [0.717, 1.165) is 5.56 Å². The summed E-state index contributed by atoms with van der Waals surface area (Å²) in [5, 5.41) is 0.689. The summed E-state index contributed by atoms with van der Waals surface area (Å²) < 4.78 is 31.6. The molecule has 0 radical (unpaired) electrons. The topological polar surface area (TPSA) is 39.2 Å². The van der Waals surface area contributed by atoms with Crippen molar-refractivity contribution in [1.29, 1.82) is 0 Å². The number of hydrogen-bond acceptors (Lipinski definition) is 2. The van der Waals surface area contributed by atoms with Gasteiger partial charge >= 0.3 is 0 Å². The average Bonchev–Trinajstić information content (AvgIpc) is 2.84. The standard InChI is InChI=1S/C16H13F2NO/c17-12-3-1-10(2-4-12)7-14(19)16-9-11-8-13(18)5-6-15(11)20-16/h1-6,8-9,14H,7,19H2. The van der Waals surface area contributed by atoms with Crippen LogP contribution in [0.25, 0.3) is 11.0 Å². The lowest BCUT2D eigenvalue weighted by molar-refractivity contribution is 0.493. The maximum atomic E-state index is 13.1. The molecule has 0 aliphatic carbocycles. The summed E-state index contributed by atoms with van der Waals surface area (Å²) >= 11 is 0. The second kappa shape index (κ2) is 5.06. The summed E-state index contributed by atoms with van der Waals surface area (Å²) in [6.07, 6.45) is 0.530. The quantitative estimate of drug-likeness (QED) is 0.784. The predicted molar refractivity (Wildman–Crippen MR) is 73.2 cm³/mol. The third-order valence-electron chi connectivity index (χ3n) is 3.23. The Bertz CT molecular complexity index is 734. The molecule has 1 aromatic heterocycles. The summed E-state index contributed by atoms with van der Waals surface area (Å²) in [5.41, 5.74) is 7.61. The highest BCUT2D eigenvalue weighted by molar-refractivity contribution is 5.78. The molecule has 0 aliphatic rings. The maximum Gasteiger partial charge on any atom is 0.134 e. The van der Waals surface area contributed by atoms with Gasteiger partial charge < -0.3 is 10.2 Å². The Balaban J connectivity index is 1.84. The Hall–Kier alpha value is -2.20. The van der Waals surface area contributed by atoms with Crippen molar-refractivity contribution in [2.24, 2.45) is 5.73 Å². The third-order valence-corrected chi connectivity index (χ3v) is 3.23. The van der Waals surface area contributed by atoms with Gasteiger partial charge in [-0.15, -0.1) is 0 Å². The van der Waals surface area contributed by atoms with Crippen LogP contribution < -0.4 is 5.73 Å². The first kappa shape index (κ1) is 12.8. The summed E-state index contributed by atoms with van der Waals surface area (Å²) in [5.74, 6) is 0.00779. The lowest BCUT2D eigenvalue weighted by atomic mass is 10.0. The van der Waals surface area contributed by atoms with Crippen LogP contribution in [0.3, 0.4) is 0 Å². The highest BCUT2D eigenvalue weighted by atomic mass is 19.1. The van der Waals surface area contributed by atoms with Crippen LogP contribution in [0.1, 0.15) is 17.4 Å². The molecule has 2 nitrogen and oxygen atoms in total. The molecule has 0 amide bonds. The van der Waals surface area contributed by atoms with Crippen LogP contribution in [-0.2, 0) is 6.42 Å². The molecule has 102 valence electrons. The van der Waals surface area contributed by atoms with Crippen molar-refractivity contribution in [3.8, 4) is 0 Å². The molecule has 0 spiro atoms. The Kier molecular flexibility index (Phi) is 3.24. The van der Waals surface area contributed by atoms with Crippen LogP contribution in [0.2, 0.25) is 0 Å². The second-order valence-electron chi connectivity index (χ2n) is 4.77. The Morgan fingerprint density at radius 1 is 0.950 bits per heavy atom. The Morgan fingerprint density at radius 3 is 2.40 bits per heavy atom. The average molecular weight is 273 g/mol. The van der Waals surface area contributed by atoms with Gasteiger partial charge in [-0.1, -0.05) is 12.1 Å². The normalized spacial score (nSPS) is 12.8. The van der Waals surface area contributed by atoms with E-state index in [1.165, 1.54) is 24.3 Å². The first-order valence-electron chi connectivity index (χ1n) is 6.31. The monoisotopic (exact) mass is 273 g/mol. The van der Waals surface area contributed by atoms with Crippen molar-refractivity contribution < 1.29 is 13.2 Å². The highest BCUT2D eigenvalue weighted by Gasteiger charge is 2.13. The zero-order chi connectivity index (χ0) is 14.1. The lowest BCUT2D eigenvalue weighted by Gasteiger charge is -2.08. The van der Waals surface area contributed by atoms with Gasteiger partial charge in [0.2, 0.25) is 0 Å². The van der Waals surface area contributed by atoms with Gasteiger partial charge in [-0.2, -0.15) is 0 Å². The van der Waals surface area contributed by atoms with Gasteiger partial charge in [-0.05, 0) is 48.4 Å². The molecule has 2 aromatic carbocycles. The van der Waals surface area contributed by atoms with Crippen LogP contribution in [0.5, 0.6) is 0 Å². The highest BCUT2D eigenvalue weighted by Crippen LogP contribution is 2.25. The van der Waals surface area contributed by atoms with Gasteiger partial charge in [0.05, 0.1) is 6.04 Å². The van der Waals surface area contributed by atoms with E-state index in [0.29, 0.717) is 23.2 Å². The van der Waals surface area contributed by atoms with Gasteiger partial charge in [0.1, 0.15) is 23.0 Å². The van der Waals surface area contributed by atoms with Crippen molar-refractivity contribution in [3.05, 3.63) is 71.5 Å². The summed E-state index contributed by atoms with van der Waals surface area (Å²) in [4.78, 5) is 0. The molecule has 20 heavy (non-hydrogen) atoms. The summed E-state index contributed by atoms with van der Waals surface area (Å²) in [6, 6.07) is 11.9. The summed E-state index contributed by atoms with van der Waals surface area (Å²) in [6.45, 7) is 0. The SMILES string of the molecule is NC(Cc1ccc(F)cc1)c1cc2cc(F)ccc2o1. The Morgan fingerprint density at radius 2 is 1.65 bits per heavy atom. The number of rotatable bonds is 3. The van der Waals surface area contributed by atoms with E-state index in [1.54, 1.807) is 24.3 Å². The van der Waals surface area contributed by atoms with Crippen LogP contribution in [0.15, 0.2) is 52.9 Å².